The molecule has 1 N–H and O–H groups in total. The third-order valence-electron chi connectivity index (χ3n) is 4.34. The number of methoxy groups -OCH3 is 1. The second-order valence-electron chi connectivity index (χ2n) is 5.92. The van der Waals surface area contributed by atoms with E-state index in [1.165, 1.54) is 35.7 Å². The van der Waals surface area contributed by atoms with Crippen LogP contribution in [0.25, 0.3) is 0 Å². The molecule has 1 saturated heterocycles. The van der Waals surface area contributed by atoms with E-state index in [4.69, 9.17) is 4.74 Å². The minimum absolute atomic E-state index is 0.0944. The van der Waals surface area contributed by atoms with Crippen molar-refractivity contribution in [2.75, 3.05) is 33.3 Å². The lowest BCUT2D eigenvalue weighted by Gasteiger charge is -2.34. The number of benzene rings is 2. The van der Waals surface area contributed by atoms with Crippen LogP contribution in [-0.4, -0.2) is 61.9 Å². The van der Waals surface area contributed by atoms with Crippen molar-refractivity contribution in [1.82, 2.24) is 9.21 Å². The first-order valence-corrected chi connectivity index (χ1v) is 9.58. The van der Waals surface area contributed by atoms with Gasteiger partial charge in [0.05, 0.1) is 12.0 Å². The second kappa shape index (κ2) is 7.35. The summed E-state index contributed by atoms with van der Waals surface area (Å²) in [6.07, 6.45) is 0. The van der Waals surface area contributed by atoms with E-state index in [-0.39, 0.29) is 29.6 Å². The Kier molecular flexibility index (Phi) is 5.15. The van der Waals surface area contributed by atoms with Gasteiger partial charge in [-0.3, -0.25) is 4.79 Å². The smallest absolute Gasteiger partial charge is 0.253 e. The molecule has 0 bridgehead atoms. The number of rotatable bonds is 4. The summed E-state index contributed by atoms with van der Waals surface area (Å²) in [5, 5.41) is 9.31. The Bertz CT molecular complexity index is 871. The minimum Gasteiger partial charge on any atom is -0.508 e. The number of carbonyl (C=O) groups is 1. The van der Waals surface area contributed by atoms with Crippen LogP contribution < -0.4 is 4.74 Å². The number of hydrogen-bond acceptors (Lipinski definition) is 5. The van der Waals surface area contributed by atoms with E-state index in [1.807, 2.05) is 0 Å². The number of piperazine rings is 1. The van der Waals surface area contributed by atoms with Crippen molar-refractivity contribution in [2.45, 2.75) is 4.90 Å². The number of sulfonamides is 1. The maximum Gasteiger partial charge on any atom is 0.253 e. The maximum atomic E-state index is 12.7. The SMILES string of the molecule is COc1ccc(S(=O)(=O)N2CCN(C(=O)c3ccc(O)cc3)CC2)cc1. The van der Waals surface area contributed by atoms with Crippen molar-refractivity contribution >= 4 is 15.9 Å². The molecule has 138 valence electrons. The number of amides is 1. The Morgan fingerprint density at radius 3 is 2.08 bits per heavy atom. The summed E-state index contributed by atoms with van der Waals surface area (Å²) in [4.78, 5) is 14.3. The highest BCUT2D eigenvalue weighted by Gasteiger charge is 2.30. The maximum absolute atomic E-state index is 12.7. The summed E-state index contributed by atoms with van der Waals surface area (Å²) >= 11 is 0. The van der Waals surface area contributed by atoms with Gasteiger partial charge in [-0.2, -0.15) is 4.31 Å². The molecule has 1 heterocycles. The van der Waals surface area contributed by atoms with Crippen LogP contribution in [0.1, 0.15) is 10.4 Å². The van der Waals surface area contributed by atoms with Crippen molar-refractivity contribution in [3.8, 4) is 11.5 Å². The average molecular weight is 376 g/mol. The van der Waals surface area contributed by atoms with Gasteiger partial charge in [0, 0.05) is 31.7 Å². The largest absolute Gasteiger partial charge is 0.508 e. The Labute approximate surface area is 152 Å². The Hall–Kier alpha value is -2.58. The number of carbonyl (C=O) groups excluding carboxylic acids is 1. The molecule has 8 heteroatoms. The average Bonchev–Trinajstić information content (AvgIpc) is 2.68. The highest BCUT2D eigenvalue weighted by molar-refractivity contribution is 7.89. The first-order valence-electron chi connectivity index (χ1n) is 8.14. The lowest BCUT2D eigenvalue weighted by atomic mass is 10.2. The normalized spacial score (nSPS) is 15.7. The Morgan fingerprint density at radius 1 is 0.962 bits per heavy atom. The number of nitrogens with zero attached hydrogens (tertiary/aromatic N) is 2. The highest BCUT2D eigenvalue weighted by atomic mass is 32.2. The number of phenolic OH excluding ortho intramolecular Hbond substituents is 1. The predicted octanol–water partition coefficient (Wildman–Crippen LogP) is 1.55. The number of ether oxygens (including phenoxy) is 1. The zero-order chi connectivity index (χ0) is 18.7. The Morgan fingerprint density at radius 2 is 1.54 bits per heavy atom. The first-order chi connectivity index (χ1) is 12.4. The summed E-state index contributed by atoms with van der Waals surface area (Å²) in [6.45, 7) is 1.10. The van der Waals surface area contributed by atoms with E-state index < -0.39 is 10.0 Å². The molecule has 1 amide bonds. The third kappa shape index (κ3) is 3.66. The highest BCUT2D eigenvalue weighted by Crippen LogP contribution is 2.21. The van der Waals surface area contributed by atoms with Gasteiger partial charge >= 0.3 is 0 Å². The summed E-state index contributed by atoms with van der Waals surface area (Å²) < 4.78 is 31.9. The Balaban J connectivity index is 1.67. The van der Waals surface area contributed by atoms with E-state index in [0.717, 1.165) is 0 Å². The molecular weight excluding hydrogens is 356 g/mol. The van der Waals surface area contributed by atoms with Gasteiger partial charge in [0.2, 0.25) is 10.0 Å². The molecule has 0 radical (unpaired) electrons. The molecule has 0 aromatic heterocycles. The van der Waals surface area contributed by atoms with Crippen molar-refractivity contribution < 1.29 is 23.1 Å². The number of aromatic hydroxyl groups is 1. The predicted molar refractivity (Wildman–Crippen MR) is 95.8 cm³/mol. The molecule has 1 aliphatic rings. The van der Waals surface area contributed by atoms with Gasteiger partial charge < -0.3 is 14.7 Å². The quantitative estimate of drug-likeness (QED) is 0.875. The summed E-state index contributed by atoms with van der Waals surface area (Å²) in [7, 11) is -2.08. The van der Waals surface area contributed by atoms with E-state index in [9.17, 15) is 18.3 Å². The van der Waals surface area contributed by atoms with Crippen LogP contribution in [0.5, 0.6) is 11.5 Å². The molecule has 0 spiro atoms. The van der Waals surface area contributed by atoms with E-state index >= 15 is 0 Å². The summed E-state index contributed by atoms with van der Waals surface area (Å²) in [5.41, 5.74) is 0.467. The molecular formula is C18H20N2O5S. The molecule has 3 rings (SSSR count). The number of phenols is 1. The van der Waals surface area contributed by atoms with Gasteiger partial charge in [-0.1, -0.05) is 0 Å². The molecule has 7 nitrogen and oxygen atoms in total. The van der Waals surface area contributed by atoms with Gasteiger partial charge in [0.1, 0.15) is 11.5 Å². The van der Waals surface area contributed by atoms with Gasteiger partial charge in [-0.25, -0.2) is 8.42 Å². The molecule has 2 aromatic rings. The van der Waals surface area contributed by atoms with Crippen LogP contribution in [0.3, 0.4) is 0 Å². The zero-order valence-corrected chi connectivity index (χ0v) is 15.1. The standard InChI is InChI=1S/C18H20N2O5S/c1-25-16-6-8-17(9-7-16)26(23,24)20-12-10-19(11-13-20)18(22)14-2-4-15(21)5-3-14/h2-9,21H,10-13H2,1H3. The fraction of sp³-hybridized carbons (Fsp3) is 0.278. The molecule has 26 heavy (non-hydrogen) atoms. The minimum atomic E-state index is -3.60. The molecule has 0 aliphatic carbocycles. The molecule has 0 unspecified atom stereocenters. The van der Waals surface area contributed by atoms with Crippen molar-refractivity contribution in [3.63, 3.8) is 0 Å². The van der Waals surface area contributed by atoms with Gasteiger partial charge in [0.25, 0.3) is 5.91 Å². The van der Waals surface area contributed by atoms with E-state index in [2.05, 4.69) is 0 Å². The monoisotopic (exact) mass is 376 g/mol. The molecule has 0 atom stereocenters. The first kappa shape index (κ1) is 18.2. The molecule has 0 saturated carbocycles. The molecule has 2 aromatic carbocycles. The second-order valence-corrected chi connectivity index (χ2v) is 7.86. The van der Waals surface area contributed by atoms with Crippen LogP contribution in [0, 0.1) is 0 Å². The summed E-state index contributed by atoms with van der Waals surface area (Å²) in [6, 6.07) is 12.3. The fourth-order valence-corrected chi connectivity index (χ4v) is 4.24. The van der Waals surface area contributed by atoms with Crippen molar-refractivity contribution in [1.29, 1.82) is 0 Å². The van der Waals surface area contributed by atoms with Gasteiger partial charge in [-0.15, -0.1) is 0 Å². The molecule has 1 aliphatic heterocycles. The van der Waals surface area contributed by atoms with E-state index in [1.54, 1.807) is 29.2 Å². The van der Waals surface area contributed by atoms with Crippen molar-refractivity contribution in [3.05, 3.63) is 54.1 Å². The van der Waals surface area contributed by atoms with Crippen LogP contribution in [0.15, 0.2) is 53.4 Å². The van der Waals surface area contributed by atoms with Crippen LogP contribution in [-0.2, 0) is 10.0 Å². The van der Waals surface area contributed by atoms with Crippen LogP contribution in [0.4, 0.5) is 0 Å². The molecule has 1 fully saturated rings. The lowest BCUT2D eigenvalue weighted by Crippen LogP contribution is -2.50. The van der Waals surface area contributed by atoms with Gasteiger partial charge in [-0.05, 0) is 48.5 Å². The third-order valence-corrected chi connectivity index (χ3v) is 6.25. The van der Waals surface area contributed by atoms with Crippen LogP contribution in [0.2, 0.25) is 0 Å². The number of hydrogen-bond donors (Lipinski definition) is 1. The topological polar surface area (TPSA) is 87.2 Å². The summed E-state index contributed by atoms with van der Waals surface area (Å²) in [5.74, 6) is 0.511. The zero-order valence-electron chi connectivity index (χ0n) is 14.3. The van der Waals surface area contributed by atoms with Gasteiger partial charge in [0.15, 0.2) is 0 Å². The van der Waals surface area contributed by atoms with E-state index in [0.29, 0.717) is 24.4 Å². The fourth-order valence-electron chi connectivity index (χ4n) is 2.81. The van der Waals surface area contributed by atoms with Crippen molar-refractivity contribution in [2.24, 2.45) is 0 Å². The lowest BCUT2D eigenvalue weighted by molar-refractivity contribution is 0.0698. The van der Waals surface area contributed by atoms with Crippen LogP contribution >= 0.6 is 0 Å².